The molecular weight excluding hydrogens is 162 g/mol. The second-order valence-electron chi connectivity index (χ2n) is 2.40. The Morgan fingerprint density at radius 2 is 1.85 bits per heavy atom. The van der Waals surface area contributed by atoms with E-state index in [1.807, 2.05) is 0 Å². The standard InChI is InChI=1S/C11H9NO/c1-4-8-9(5-2)11(13-3)7-6-10(8)12/h1-2,6-7H,12H2,3H3. The molecule has 0 spiro atoms. The lowest BCUT2D eigenvalue weighted by molar-refractivity contribution is 0.413. The highest BCUT2D eigenvalue weighted by Gasteiger charge is 2.07. The van der Waals surface area contributed by atoms with Gasteiger partial charge in [-0.3, -0.25) is 0 Å². The van der Waals surface area contributed by atoms with Crippen LogP contribution in [0.1, 0.15) is 11.1 Å². The van der Waals surface area contributed by atoms with Gasteiger partial charge in [-0.15, -0.1) is 12.8 Å². The number of ether oxygens (including phenoxy) is 1. The molecule has 0 aliphatic carbocycles. The Bertz CT molecular complexity index is 407. The first-order valence-electron chi connectivity index (χ1n) is 3.64. The van der Waals surface area contributed by atoms with Crippen LogP contribution in [0.25, 0.3) is 0 Å². The predicted molar refractivity (Wildman–Crippen MR) is 53.3 cm³/mol. The zero-order chi connectivity index (χ0) is 9.84. The number of anilines is 1. The zero-order valence-corrected chi connectivity index (χ0v) is 7.29. The lowest BCUT2D eigenvalue weighted by Gasteiger charge is -2.07. The molecule has 0 aromatic heterocycles. The van der Waals surface area contributed by atoms with E-state index in [0.29, 0.717) is 22.6 Å². The fraction of sp³-hybridized carbons (Fsp3) is 0.0909. The Morgan fingerprint density at radius 3 is 2.31 bits per heavy atom. The van der Waals surface area contributed by atoms with E-state index in [4.69, 9.17) is 23.3 Å². The normalized spacial score (nSPS) is 8.54. The summed E-state index contributed by atoms with van der Waals surface area (Å²) in [4.78, 5) is 0. The third kappa shape index (κ3) is 1.43. The summed E-state index contributed by atoms with van der Waals surface area (Å²) in [5.74, 6) is 5.48. The lowest BCUT2D eigenvalue weighted by Crippen LogP contribution is -1.97. The van der Waals surface area contributed by atoms with Crippen LogP contribution in [0.2, 0.25) is 0 Å². The molecule has 2 heteroatoms. The van der Waals surface area contributed by atoms with Crippen molar-refractivity contribution >= 4 is 5.69 Å². The Hall–Kier alpha value is -2.06. The number of hydrogen-bond acceptors (Lipinski definition) is 2. The van der Waals surface area contributed by atoms with Crippen molar-refractivity contribution in [2.24, 2.45) is 0 Å². The van der Waals surface area contributed by atoms with Crippen LogP contribution in [0.4, 0.5) is 5.69 Å². The van der Waals surface area contributed by atoms with Crippen molar-refractivity contribution in [2.75, 3.05) is 12.8 Å². The number of benzene rings is 1. The molecule has 1 rings (SSSR count). The first-order chi connectivity index (χ1) is 6.24. The van der Waals surface area contributed by atoms with Crippen molar-refractivity contribution in [1.29, 1.82) is 0 Å². The quantitative estimate of drug-likeness (QED) is 0.509. The fourth-order valence-electron chi connectivity index (χ4n) is 1.07. The van der Waals surface area contributed by atoms with Gasteiger partial charge in [-0.05, 0) is 12.1 Å². The molecule has 2 nitrogen and oxygen atoms in total. The van der Waals surface area contributed by atoms with Crippen LogP contribution in [-0.4, -0.2) is 7.11 Å². The van der Waals surface area contributed by atoms with Gasteiger partial charge in [0, 0.05) is 5.69 Å². The molecule has 0 unspecified atom stereocenters. The lowest BCUT2D eigenvalue weighted by atomic mass is 10.1. The number of nitrogen functional groups attached to an aromatic ring is 1. The molecule has 1 aromatic rings. The molecule has 0 aliphatic rings. The highest BCUT2D eigenvalue weighted by atomic mass is 16.5. The Balaban J connectivity index is 3.50. The smallest absolute Gasteiger partial charge is 0.135 e. The highest BCUT2D eigenvalue weighted by Crippen LogP contribution is 2.25. The van der Waals surface area contributed by atoms with Gasteiger partial charge in [-0.25, -0.2) is 0 Å². The zero-order valence-electron chi connectivity index (χ0n) is 7.29. The van der Waals surface area contributed by atoms with Gasteiger partial charge in [-0.1, -0.05) is 11.8 Å². The molecule has 2 N–H and O–H groups in total. The van der Waals surface area contributed by atoms with Crippen LogP contribution in [-0.2, 0) is 0 Å². The molecule has 64 valence electrons. The summed E-state index contributed by atoms with van der Waals surface area (Å²) in [6, 6.07) is 3.38. The average molecular weight is 171 g/mol. The molecule has 0 saturated carbocycles. The maximum atomic E-state index is 5.64. The van der Waals surface area contributed by atoms with Crippen LogP contribution >= 0.6 is 0 Å². The molecular formula is C11H9NO. The van der Waals surface area contributed by atoms with E-state index in [1.165, 1.54) is 7.11 Å². The largest absolute Gasteiger partial charge is 0.495 e. The van der Waals surface area contributed by atoms with Gasteiger partial charge in [0.1, 0.15) is 5.75 Å². The Kier molecular flexibility index (Phi) is 2.47. The van der Waals surface area contributed by atoms with Crippen molar-refractivity contribution in [3.8, 4) is 30.4 Å². The number of nitrogens with two attached hydrogens (primary N) is 1. The number of rotatable bonds is 1. The Labute approximate surface area is 77.7 Å². The Morgan fingerprint density at radius 1 is 1.23 bits per heavy atom. The van der Waals surface area contributed by atoms with E-state index in [0.717, 1.165) is 0 Å². The first-order valence-corrected chi connectivity index (χ1v) is 3.64. The second kappa shape index (κ2) is 3.56. The number of terminal acetylenes is 2. The first kappa shape index (κ1) is 9.03. The molecule has 0 heterocycles. The minimum absolute atomic E-state index is 0.497. The molecule has 0 radical (unpaired) electrons. The summed E-state index contributed by atoms with van der Waals surface area (Å²) in [7, 11) is 1.53. The van der Waals surface area contributed by atoms with Crippen molar-refractivity contribution in [2.45, 2.75) is 0 Å². The van der Waals surface area contributed by atoms with Crippen LogP contribution in [0.3, 0.4) is 0 Å². The molecule has 13 heavy (non-hydrogen) atoms. The van der Waals surface area contributed by atoms with Gasteiger partial charge in [-0.2, -0.15) is 0 Å². The maximum Gasteiger partial charge on any atom is 0.135 e. The van der Waals surface area contributed by atoms with E-state index < -0.39 is 0 Å². The number of methoxy groups -OCH3 is 1. The van der Waals surface area contributed by atoms with Crippen molar-refractivity contribution in [3.63, 3.8) is 0 Å². The molecule has 0 atom stereocenters. The van der Waals surface area contributed by atoms with Crippen LogP contribution < -0.4 is 10.5 Å². The molecule has 0 aliphatic heterocycles. The summed E-state index contributed by atoms with van der Waals surface area (Å²) in [5, 5.41) is 0. The van der Waals surface area contributed by atoms with E-state index in [1.54, 1.807) is 12.1 Å². The average Bonchev–Trinajstić information content (AvgIpc) is 2.17. The highest BCUT2D eigenvalue weighted by molar-refractivity contribution is 5.67. The van der Waals surface area contributed by atoms with E-state index in [-0.39, 0.29) is 0 Å². The van der Waals surface area contributed by atoms with E-state index in [2.05, 4.69) is 11.8 Å². The fourth-order valence-corrected chi connectivity index (χ4v) is 1.07. The van der Waals surface area contributed by atoms with Gasteiger partial charge < -0.3 is 10.5 Å². The van der Waals surface area contributed by atoms with Crippen LogP contribution in [0.5, 0.6) is 5.75 Å². The summed E-state index contributed by atoms with van der Waals surface area (Å²) in [6.07, 6.45) is 10.6. The van der Waals surface area contributed by atoms with Gasteiger partial charge >= 0.3 is 0 Å². The topological polar surface area (TPSA) is 35.2 Å². The minimum atomic E-state index is 0.497. The predicted octanol–water partition coefficient (Wildman–Crippen LogP) is 1.24. The van der Waals surface area contributed by atoms with Crippen molar-refractivity contribution in [1.82, 2.24) is 0 Å². The van der Waals surface area contributed by atoms with Gasteiger partial charge in [0.2, 0.25) is 0 Å². The molecule has 0 saturated heterocycles. The summed E-state index contributed by atoms with van der Waals surface area (Å²) in [5.41, 5.74) is 7.18. The number of hydrogen-bond donors (Lipinski definition) is 1. The van der Waals surface area contributed by atoms with Crippen molar-refractivity contribution < 1.29 is 4.74 Å². The molecule has 0 bridgehead atoms. The van der Waals surface area contributed by atoms with E-state index in [9.17, 15) is 0 Å². The molecule has 1 aromatic carbocycles. The molecule has 0 amide bonds. The summed E-state index contributed by atoms with van der Waals surface area (Å²) < 4.78 is 5.04. The maximum absolute atomic E-state index is 5.64. The van der Waals surface area contributed by atoms with Gasteiger partial charge in [0.25, 0.3) is 0 Å². The summed E-state index contributed by atoms with van der Waals surface area (Å²) in [6.45, 7) is 0. The van der Waals surface area contributed by atoms with Gasteiger partial charge in [0.15, 0.2) is 0 Å². The SMILES string of the molecule is C#Cc1c(N)ccc(OC)c1C#C. The van der Waals surface area contributed by atoms with E-state index >= 15 is 0 Å². The third-order valence-corrected chi connectivity index (χ3v) is 1.71. The minimum Gasteiger partial charge on any atom is -0.495 e. The molecule has 0 fully saturated rings. The van der Waals surface area contributed by atoms with Crippen LogP contribution in [0.15, 0.2) is 12.1 Å². The third-order valence-electron chi connectivity index (χ3n) is 1.71. The second-order valence-corrected chi connectivity index (χ2v) is 2.40. The van der Waals surface area contributed by atoms with Crippen molar-refractivity contribution in [3.05, 3.63) is 23.3 Å². The monoisotopic (exact) mass is 171 g/mol. The van der Waals surface area contributed by atoms with Crippen LogP contribution in [0, 0.1) is 24.7 Å². The van der Waals surface area contributed by atoms with Gasteiger partial charge in [0.05, 0.1) is 18.2 Å². The summed E-state index contributed by atoms with van der Waals surface area (Å²) >= 11 is 0.